The van der Waals surface area contributed by atoms with E-state index < -0.39 is 48.0 Å². The number of benzene rings is 4. The summed E-state index contributed by atoms with van der Waals surface area (Å²) < 4.78 is 21.8. The number of nitrogens with zero attached hydrogens (tertiary/aromatic N) is 2. The first-order chi connectivity index (χ1) is 36.8. The van der Waals surface area contributed by atoms with Crippen molar-refractivity contribution in [2.45, 2.75) is 52.1 Å². The highest BCUT2D eigenvalue weighted by atomic mass is 16.5. The summed E-state index contributed by atoms with van der Waals surface area (Å²) in [7, 11) is 5.85. The zero-order valence-corrected chi connectivity index (χ0v) is 43.3. The van der Waals surface area contributed by atoms with E-state index in [1.165, 1.54) is 28.4 Å². The van der Waals surface area contributed by atoms with Crippen LogP contribution >= 0.6 is 0 Å². The molecule has 386 valence electrons. The minimum atomic E-state index is -0.810. The number of rotatable bonds is 16. The molecule has 16 nitrogen and oxygen atoms in total. The van der Waals surface area contributed by atoms with Crippen LogP contribution < -0.4 is 21.3 Å². The van der Waals surface area contributed by atoms with E-state index in [0.717, 1.165) is 22.3 Å². The molecule has 8 bridgehead atoms. The van der Waals surface area contributed by atoms with Gasteiger partial charge >= 0.3 is 0 Å². The second-order valence-electron chi connectivity index (χ2n) is 18.2. The fraction of sp³-hybridized carbons (Fsp3) is 0.200. The largest absolute Gasteiger partial charge is 0.372 e. The van der Waals surface area contributed by atoms with Gasteiger partial charge in [0.05, 0.1) is 45.5 Å². The van der Waals surface area contributed by atoms with Crippen molar-refractivity contribution in [1.29, 1.82) is 0 Å². The third kappa shape index (κ3) is 10.6. The molecule has 0 unspecified atom stereocenters. The monoisotopic (exact) mass is 1020 g/mol. The Balaban J connectivity index is 1.46. The summed E-state index contributed by atoms with van der Waals surface area (Å²) in [5.41, 5.74) is 11.5. The molecule has 16 heteroatoms. The molecule has 4 aromatic carbocycles. The van der Waals surface area contributed by atoms with Crippen LogP contribution in [0.1, 0.15) is 50.5 Å². The maximum atomic E-state index is 13.8. The first-order valence-corrected chi connectivity index (χ1v) is 24.7. The van der Waals surface area contributed by atoms with Gasteiger partial charge in [-0.1, -0.05) is 72.8 Å². The SMILES string of the molecule is CO[C@@H](C)C(=O)Nc1cccc(NC(=O)[C@H](C)OC)c1-c1c2nc(c(-c3ccccc3)c3ccc([nH]3)c(-c3c(NC(=O)[C@H](C)OC)cccc3NC(=O)[C@@H](C)OC)c3nc(c(-c4ccccc4)c4ccc1[nH]4)C=C3)C=C2. The fourth-order valence-electron chi connectivity index (χ4n) is 8.97. The fourth-order valence-corrected chi connectivity index (χ4v) is 8.97. The molecule has 2 aliphatic rings. The number of methoxy groups -OCH3 is 4. The van der Waals surface area contributed by atoms with Gasteiger partial charge in [0.1, 0.15) is 24.4 Å². The lowest BCUT2D eigenvalue weighted by atomic mass is 9.98. The van der Waals surface area contributed by atoms with Crippen LogP contribution in [0.15, 0.2) is 121 Å². The van der Waals surface area contributed by atoms with Gasteiger partial charge in [0.2, 0.25) is 0 Å². The van der Waals surface area contributed by atoms with Gasteiger partial charge in [-0.05, 0) is 112 Å². The van der Waals surface area contributed by atoms with Crippen LogP contribution in [0.25, 0.3) is 90.9 Å². The van der Waals surface area contributed by atoms with Crippen LogP contribution in [0.3, 0.4) is 0 Å². The third-order valence-corrected chi connectivity index (χ3v) is 13.4. The van der Waals surface area contributed by atoms with Gasteiger partial charge in [0.25, 0.3) is 23.6 Å². The summed E-state index contributed by atoms with van der Waals surface area (Å²) in [5.74, 6) is -1.61. The van der Waals surface area contributed by atoms with Crippen LogP contribution in [0.2, 0.25) is 0 Å². The standard InChI is InChI=1S/C60H58N8O8/c1-33(73-5)57(69)65-39-21-15-22-40(66-58(70)34(2)74-6)53(39)55-47-29-25-43(61-47)51(37-17-11-9-12-18-37)45-27-31-49(63-45)56(50-32-28-46(64-50)52(38-19-13-10-14-20-38)44-26-30-48(55)62-44)54-41(67-59(71)35(3)75-7)23-16-24-42(54)68-60(72)36(4)76-8/h9-36,61,64H,1-8H3,(H,65,69)(H,66,70)(H,67,71)(H,68,72)/t33-,34-,35-,36+/m0/s1. The predicted octanol–water partition coefficient (Wildman–Crippen LogP) is 11.2. The van der Waals surface area contributed by atoms with Gasteiger partial charge in [-0.3, -0.25) is 19.2 Å². The first kappa shape index (κ1) is 52.1. The average molecular weight is 1020 g/mol. The van der Waals surface area contributed by atoms with Crippen LogP contribution in [-0.2, 0) is 38.1 Å². The Morgan fingerprint density at radius 2 is 0.618 bits per heavy atom. The molecule has 0 saturated heterocycles. The molecule has 6 N–H and O–H groups in total. The van der Waals surface area contributed by atoms with Crippen molar-refractivity contribution in [1.82, 2.24) is 19.9 Å². The molecule has 7 aromatic rings. The smallest absolute Gasteiger partial charge is 0.253 e. The van der Waals surface area contributed by atoms with E-state index in [1.807, 2.05) is 109 Å². The molecule has 3 aromatic heterocycles. The topological polar surface area (TPSA) is 211 Å². The highest BCUT2D eigenvalue weighted by Crippen LogP contribution is 2.45. The highest BCUT2D eigenvalue weighted by molar-refractivity contribution is 6.11. The van der Waals surface area contributed by atoms with Crippen molar-refractivity contribution in [3.05, 3.63) is 144 Å². The van der Waals surface area contributed by atoms with Crippen molar-refractivity contribution < 1.29 is 38.1 Å². The molecule has 4 amide bonds. The normalized spacial score (nSPS) is 13.4. The van der Waals surface area contributed by atoms with E-state index in [9.17, 15) is 19.2 Å². The van der Waals surface area contributed by atoms with Crippen molar-refractivity contribution in [3.8, 4) is 44.5 Å². The number of fused-ring (bicyclic) bond motifs is 8. The number of anilines is 4. The van der Waals surface area contributed by atoms with Crippen LogP contribution in [0, 0.1) is 0 Å². The number of aromatic nitrogens is 4. The number of H-pyrrole nitrogens is 2. The van der Waals surface area contributed by atoms with Crippen molar-refractivity contribution in [2.75, 3.05) is 49.7 Å². The number of hydrogen-bond donors (Lipinski definition) is 6. The molecule has 0 radical (unpaired) electrons. The molecule has 0 saturated carbocycles. The summed E-state index contributed by atoms with van der Waals surface area (Å²) in [6.45, 7) is 6.61. The molecule has 0 fully saturated rings. The molecule has 5 heterocycles. The van der Waals surface area contributed by atoms with Crippen molar-refractivity contribution in [3.63, 3.8) is 0 Å². The number of ether oxygens (including phenoxy) is 4. The molecule has 0 aliphatic carbocycles. The van der Waals surface area contributed by atoms with Gasteiger partial charge in [-0.2, -0.15) is 0 Å². The Bertz CT molecular complexity index is 3280. The van der Waals surface area contributed by atoms with Gasteiger partial charge in [-0.15, -0.1) is 0 Å². The van der Waals surface area contributed by atoms with Gasteiger partial charge < -0.3 is 50.2 Å². The number of hydrogen-bond acceptors (Lipinski definition) is 10. The average Bonchev–Trinajstić information content (AvgIpc) is 4.31. The maximum absolute atomic E-state index is 13.8. The molecule has 76 heavy (non-hydrogen) atoms. The number of nitrogens with one attached hydrogen (secondary N) is 6. The second-order valence-corrected chi connectivity index (χ2v) is 18.2. The number of aromatic amines is 2. The Kier molecular flexibility index (Phi) is 15.6. The van der Waals surface area contributed by atoms with Gasteiger partial charge in [-0.25, -0.2) is 9.97 Å². The Morgan fingerprint density at radius 1 is 0.355 bits per heavy atom. The van der Waals surface area contributed by atoms with E-state index in [-0.39, 0.29) is 0 Å². The summed E-state index contributed by atoms with van der Waals surface area (Å²) in [5, 5.41) is 12.3. The zero-order chi connectivity index (χ0) is 53.6. The van der Waals surface area contributed by atoms with E-state index in [4.69, 9.17) is 28.9 Å². The molecular weight excluding hydrogens is 961 g/mol. The Labute approximate surface area is 439 Å². The molecule has 4 atom stereocenters. The molecule has 0 spiro atoms. The van der Waals surface area contributed by atoms with Crippen LogP contribution in [0.5, 0.6) is 0 Å². The predicted molar refractivity (Wildman–Crippen MR) is 301 cm³/mol. The maximum Gasteiger partial charge on any atom is 0.253 e. The quantitative estimate of drug-likeness (QED) is 0.0539. The highest BCUT2D eigenvalue weighted by Gasteiger charge is 2.27. The van der Waals surface area contributed by atoms with E-state index in [0.29, 0.717) is 89.8 Å². The second kappa shape index (κ2) is 22.8. The van der Waals surface area contributed by atoms with E-state index in [1.54, 1.807) is 64.1 Å². The summed E-state index contributed by atoms with van der Waals surface area (Å²) in [6, 6.07) is 38.1. The summed E-state index contributed by atoms with van der Waals surface area (Å²) in [4.78, 5) is 73.4. The van der Waals surface area contributed by atoms with Crippen molar-refractivity contribution in [2.24, 2.45) is 0 Å². The van der Waals surface area contributed by atoms with Crippen molar-refractivity contribution >= 4 is 92.7 Å². The number of amides is 4. The van der Waals surface area contributed by atoms with Crippen LogP contribution in [0.4, 0.5) is 22.7 Å². The third-order valence-electron chi connectivity index (χ3n) is 13.4. The van der Waals surface area contributed by atoms with E-state index in [2.05, 4.69) is 31.2 Å². The molecule has 9 rings (SSSR count). The Hall–Kier alpha value is -8.80. The lowest BCUT2D eigenvalue weighted by Crippen LogP contribution is -2.28. The Morgan fingerprint density at radius 3 is 0.895 bits per heavy atom. The van der Waals surface area contributed by atoms with Gasteiger partial charge in [0.15, 0.2) is 0 Å². The van der Waals surface area contributed by atoms with Gasteiger partial charge in [0, 0.05) is 83.9 Å². The lowest BCUT2D eigenvalue weighted by Gasteiger charge is -2.20. The number of carbonyl (C=O) groups is 4. The first-order valence-electron chi connectivity index (χ1n) is 24.7. The minimum absolute atomic E-state index is 0.390. The van der Waals surface area contributed by atoms with Crippen LogP contribution in [-0.4, -0.2) is 96.4 Å². The summed E-state index contributed by atoms with van der Waals surface area (Å²) in [6.07, 6.45) is 4.45. The minimum Gasteiger partial charge on any atom is -0.372 e. The summed E-state index contributed by atoms with van der Waals surface area (Å²) >= 11 is 0. The zero-order valence-electron chi connectivity index (χ0n) is 43.3. The lowest BCUT2D eigenvalue weighted by molar-refractivity contribution is -0.125. The molecular formula is C60H58N8O8. The number of carbonyl (C=O) groups excluding carboxylic acids is 4. The molecule has 2 aliphatic heterocycles. The van der Waals surface area contributed by atoms with E-state index >= 15 is 0 Å².